The van der Waals surface area contributed by atoms with E-state index in [1.54, 1.807) is 62.8 Å². The van der Waals surface area contributed by atoms with Crippen LogP contribution in [-0.4, -0.2) is 25.1 Å². The highest BCUT2D eigenvalue weighted by Crippen LogP contribution is 2.24. The normalized spacial score (nSPS) is 10.7. The molecule has 0 saturated carbocycles. The lowest BCUT2D eigenvalue weighted by Crippen LogP contribution is -2.32. The van der Waals surface area contributed by atoms with Crippen molar-refractivity contribution in [1.82, 2.24) is 4.98 Å². The van der Waals surface area contributed by atoms with E-state index in [0.717, 1.165) is 5.39 Å². The minimum atomic E-state index is -0.348. The van der Waals surface area contributed by atoms with E-state index in [0.29, 0.717) is 28.3 Å². The zero-order chi connectivity index (χ0) is 21.1. The van der Waals surface area contributed by atoms with Crippen molar-refractivity contribution < 1.29 is 18.7 Å². The molecule has 0 saturated heterocycles. The number of H-pyrrole nitrogens is 1. The van der Waals surface area contributed by atoms with E-state index < -0.39 is 0 Å². The van der Waals surface area contributed by atoms with Gasteiger partial charge in [-0.05, 0) is 60.0 Å². The van der Waals surface area contributed by atoms with Crippen LogP contribution in [0.2, 0.25) is 0 Å². The van der Waals surface area contributed by atoms with Crippen molar-refractivity contribution in [2.75, 3.05) is 19.1 Å². The number of furan rings is 1. The SMILES string of the molecule is COc1ccc(N(Cc2cc3ccc(OC)cc3[nH]c2=O)C(=O)c2ccco2)cc1. The van der Waals surface area contributed by atoms with Gasteiger partial charge in [0, 0.05) is 17.3 Å². The molecule has 2 aromatic heterocycles. The van der Waals surface area contributed by atoms with Gasteiger partial charge in [-0.15, -0.1) is 0 Å². The van der Waals surface area contributed by atoms with E-state index in [4.69, 9.17) is 13.9 Å². The van der Waals surface area contributed by atoms with Gasteiger partial charge in [-0.2, -0.15) is 0 Å². The topological polar surface area (TPSA) is 84.8 Å². The van der Waals surface area contributed by atoms with Crippen molar-refractivity contribution in [3.05, 3.63) is 88.6 Å². The van der Waals surface area contributed by atoms with Crippen LogP contribution in [0, 0.1) is 0 Å². The van der Waals surface area contributed by atoms with E-state index in [-0.39, 0.29) is 23.8 Å². The lowest BCUT2D eigenvalue weighted by molar-refractivity contribution is 0.0958. The van der Waals surface area contributed by atoms with E-state index >= 15 is 0 Å². The van der Waals surface area contributed by atoms with Crippen LogP contribution in [0.4, 0.5) is 5.69 Å². The number of anilines is 1. The Kier molecular flexibility index (Phi) is 5.26. The van der Waals surface area contributed by atoms with Gasteiger partial charge >= 0.3 is 0 Å². The first kappa shape index (κ1) is 19.3. The number of pyridine rings is 1. The number of carbonyl (C=O) groups is 1. The molecule has 0 atom stereocenters. The van der Waals surface area contributed by atoms with Gasteiger partial charge in [-0.25, -0.2) is 0 Å². The molecule has 0 aliphatic rings. The van der Waals surface area contributed by atoms with Crippen LogP contribution >= 0.6 is 0 Å². The van der Waals surface area contributed by atoms with Gasteiger partial charge in [0.15, 0.2) is 5.76 Å². The predicted octanol–water partition coefficient (Wildman–Crippen LogP) is 3.99. The van der Waals surface area contributed by atoms with Crippen LogP contribution < -0.4 is 19.9 Å². The molecule has 4 rings (SSSR count). The van der Waals surface area contributed by atoms with Gasteiger partial charge in [-0.1, -0.05) is 0 Å². The molecule has 0 unspecified atom stereocenters. The van der Waals surface area contributed by atoms with Crippen molar-refractivity contribution in [2.45, 2.75) is 6.54 Å². The number of hydrogen-bond donors (Lipinski definition) is 1. The fourth-order valence-electron chi connectivity index (χ4n) is 3.22. The number of aromatic nitrogens is 1. The molecule has 1 N–H and O–H groups in total. The molecule has 0 bridgehead atoms. The minimum Gasteiger partial charge on any atom is -0.497 e. The molecular formula is C23H20N2O5. The fourth-order valence-corrected chi connectivity index (χ4v) is 3.22. The Balaban J connectivity index is 1.74. The molecule has 4 aromatic rings. The first-order chi connectivity index (χ1) is 14.6. The molecule has 0 radical (unpaired) electrons. The summed E-state index contributed by atoms with van der Waals surface area (Å²) in [4.78, 5) is 30.2. The molecule has 0 fully saturated rings. The number of ether oxygens (including phenoxy) is 2. The molecule has 7 heteroatoms. The third-order valence-electron chi connectivity index (χ3n) is 4.82. The first-order valence-corrected chi connectivity index (χ1v) is 9.28. The number of amides is 1. The van der Waals surface area contributed by atoms with Crippen molar-refractivity contribution >= 4 is 22.5 Å². The molecule has 0 aliphatic heterocycles. The van der Waals surface area contributed by atoms with Crippen LogP contribution in [0.3, 0.4) is 0 Å². The quantitative estimate of drug-likeness (QED) is 0.525. The van der Waals surface area contributed by atoms with Gasteiger partial charge < -0.3 is 23.8 Å². The lowest BCUT2D eigenvalue weighted by atomic mass is 10.1. The highest BCUT2D eigenvalue weighted by molar-refractivity contribution is 6.04. The average Bonchev–Trinajstić information content (AvgIpc) is 3.32. The predicted molar refractivity (Wildman–Crippen MR) is 113 cm³/mol. The summed E-state index contributed by atoms with van der Waals surface area (Å²) in [6.07, 6.45) is 1.44. The van der Waals surface area contributed by atoms with Crippen molar-refractivity contribution in [1.29, 1.82) is 0 Å². The minimum absolute atomic E-state index is 0.0726. The Hall–Kier alpha value is -4.00. The van der Waals surface area contributed by atoms with Crippen LogP contribution in [0.25, 0.3) is 10.9 Å². The summed E-state index contributed by atoms with van der Waals surface area (Å²) in [6, 6.07) is 17.5. The van der Waals surface area contributed by atoms with Crippen LogP contribution in [-0.2, 0) is 6.54 Å². The summed E-state index contributed by atoms with van der Waals surface area (Å²) in [5, 5.41) is 0.838. The van der Waals surface area contributed by atoms with Crippen LogP contribution in [0.1, 0.15) is 16.1 Å². The van der Waals surface area contributed by atoms with Crippen molar-refractivity contribution in [3.8, 4) is 11.5 Å². The summed E-state index contributed by atoms with van der Waals surface area (Å²) in [7, 11) is 3.14. The maximum atomic E-state index is 13.1. The summed E-state index contributed by atoms with van der Waals surface area (Å²) < 4.78 is 15.7. The number of carbonyl (C=O) groups excluding carboxylic acids is 1. The van der Waals surface area contributed by atoms with Gasteiger partial charge in [-0.3, -0.25) is 9.59 Å². The molecule has 152 valence electrons. The summed E-state index contributed by atoms with van der Waals surface area (Å²) in [5.74, 6) is 1.16. The van der Waals surface area contributed by atoms with E-state index in [1.807, 2.05) is 12.1 Å². The number of benzene rings is 2. The highest BCUT2D eigenvalue weighted by Gasteiger charge is 2.22. The second kappa shape index (κ2) is 8.16. The standard InChI is InChI=1S/C23H20N2O5/c1-28-18-9-6-17(7-10-18)25(23(27)21-4-3-11-30-21)14-16-12-15-5-8-19(29-2)13-20(15)24-22(16)26/h3-13H,14H2,1-2H3,(H,24,26). The van der Waals surface area contributed by atoms with E-state index in [1.165, 1.54) is 11.2 Å². The third kappa shape index (κ3) is 3.77. The molecule has 0 spiro atoms. The molecule has 2 heterocycles. The molecule has 2 aromatic carbocycles. The van der Waals surface area contributed by atoms with Crippen molar-refractivity contribution in [2.24, 2.45) is 0 Å². The third-order valence-corrected chi connectivity index (χ3v) is 4.82. The second-order valence-corrected chi connectivity index (χ2v) is 6.64. The monoisotopic (exact) mass is 404 g/mol. The molecule has 30 heavy (non-hydrogen) atoms. The Morgan fingerprint density at radius 1 is 1.00 bits per heavy atom. The molecule has 1 amide bonds. The maximum absolute atomic E-state index is 13.1. The number of fused-ring (bicyclic) bond motifs is 1. The Labute approximate surface area is 172 Å². The molecule has 7 nitrogen and oxygen atoms in total. The first-order valence-electron chi connectivity index (χ1n) is 9.28. The number of nitrogens with zero attached hydrogens (tertiary/aromatic N) is 1. The van der Waals surface area contributed by atoms with Crippen LogP contribution in [0.5, 0.6) is 11.5 Å². The number of aromatic amines is 1. The number of methoxy groups -OCH3 is 2. The fraction of sp³-hybridized carbons (Fsp3) is 0.130. The lowest BCUT2D eigenvalue weighted by Gasteiger charge is -2.22. The summed E-state index contributed by atoms with van der Waals surface area (Å²) >= 11 is 0. The van der Waals surface area contributed by atoms with E-state index in [2.05, 4.69) is 4.98 Å². The summed E-state index contributed by atoms with van der Waals surface area (Å²) in [6.45, 7) is 0.0726. The van der Waals surface area contributed by atoms with Crippen LogP contribution in [0.15, 0.2) is 76.1 Å². The highest BCUT2D eigenvalue weighted by atomic mass is 16.5. The van der Waals surface area contributed by atoms with Gasteiger partial charge in [0.2, 0.25) is 0 Å². The average molecular weight is 404 g/mol. The van der Waals surface area contributed by atoms with E-state index in [9.17, 15) is 9.59 Å². The maximum Gasteiger partial charge on any atom is 0.294 e. The smallest absolute Gasteiger partial charge is 0.294 e. The molecule has 0 aliphatic carbocycles. The zero-order valence-electron chi connectivity index (χ0n) is 16.5. The van der Waals surface area contributed by atoms with Gasteiger partial charge in [0.05, 0.1) is 32.5 Å². The Bertz CT molecular complexity index is 1230. The largest absolute Gasteiger partial charge is 0.497 e. The zero-order valence-corrected chi connectivity index (χ0v) is 16.5. The van der Waals surface area contributed by atoms with Crippen molar-refractivity contribution in [3.63, 3.8) is 0 Å². The number of hydrogen-bond acceptors (Lipinski definition) is 5. The number of nitrogens with one attached hydrogen (secondary N) is 1. The number of rotatable bonds is 6. The van der Waals surface area contributed by atoms with Gasteiger partial charge in [0.1, 0.15) is 11.5 Å². The Morgan fingerprint density at radius 2 is 1.73 bits per heavy atom. The Morgan fingerprint density at radius 3 is 2.40 bits per heavy atom. The summed E-state index contributed by atoms with van der Waals surface area (Å²) in [5.41, 5.74) is 1.45. The second-order valence-electron chi connectivity index (χ2n) is 6.64. The molecular weight excluding hydrogens is 384 g/mol. The van der Waals surface area contributed by atoms with Gasteiger partial charge in [0.25, 0.3) is 11.5 Å².